The van der Waals surface area contributed by atoms with E-state index in [4.69, 9.17) is 0 Å². The van der Waals surface area contributed by atoms with Crippen LogP contribution < -0.4 is 5.32 Å². The van der Waals surface area contributed by atoms with Crippen molar-refractivity contribution in [2.75, 3.05) is 5.32 Å². The summed E-state index contributed by atoms with van der Waals surface area (Å²) in [5.74, 6) is -0.532. The van der Waals surface area contributed by atoms with Gasteiger partial charge in [-0.25, -0.2) is 4.39 Å². The molecule has 0 unspecified atom stereocenters. The Morgan fingerprint density at radius 1 is 1.21 bits per heavy atom. The molecular weight excluding hydrogens is 245 g/mol. The molecule has 0 aliphatic carbocycles. The van der Waals surface area contributed by atoms with Crippen LogP contribution in [0.1, 0.15) is 23.5 Å². The number of rotatable bonds is 1. The largest absolute Gasteiger partial charge is 0.508 e. The monoisotopic (exact) mass is 257 g/mol. The number of carbonyl (C=O) groups excluding carboxylic acids is 1. The summed E-state index contributed by atoms with van der Waals surface area (Å²) >= 11 is 0. The Bertz CT molecular complexity index is 654. The predicted octanol–water partition coefficient (Wildman–Crippen LogP) is 3.01. The van der Waals surface area contributed by atoms with Gasteiger partial charge in [0, 0.05) is 24.1 Å². The number of phenolic OH excluding ortho intramolecular Hbond substituents is 1. The van der Waals surface area contributed by atoms with Gasteiger partial charge in [0.05, 0.1) is 0 Å². The molecule has 0 saturated heterocycles. The molecule has 1 heterocycles. The number of hydrogen-bond acceptors (Lipinski definition) is 2. The Kier molecular flexibility index (Phi) is 2.71. The van der Waals surface area contributed by atoms with E-state index in [0.29, 0.717) is 5.69 Å². The zero-order valence-corrected chi connectivity index (χ0v) is 10.1. The minimum Gasteiger partial charge on any atom is -0.508 e. The van der Waals surface area contributed by atoms with Crippen LogP contribution in [-0.2, 0) is 4.79 Å². The average Bonchev–Trinajstić information content (AvgIpc) is 2.37. The van der Waals surface area contributed by atoms with Crippen molar-refractivity contribution in [2.24, 2.45) is 0 Å². The van der Waals surface area contributed by atoms with Gasteiger partial charge < -0.3 is 10.4 Å². The van der Waals surface area contributed by atoms with Gasteiger partial charge in [-0.3, -0.25) is 4.79 Å². The average molecular weight is 257 g/mol. The Morgan fingerprint density at radius 3 is 2.84 bits per heavy atom. The zero-order valence-electron chi connectivity index (χ0n) is 10.1. The molecule has 0 bridgehead atoms. The molecule has 2 aromatic carbocycles. The van der Waals surface area contributed by atoms with Gasteiger partial charge in [0.25, 0.3) is 0 Å². The quantitative estimate of drug-likeness (QED) is 0.825. The molecule has 0 spiro atoms. The summed E-state index contributed by atoms with van der Waals surface area (Å²) in [5.41, 5.74) is 2.25. The fourth-order valence-corrected chi connectivity index (χ4v) is 2.47. The molecule has 0 aromatic heterocycles. The number of hydrogen-bond donors (Lipinski definition) is 2. The van der Waals surface area contributed by atoms with E-state index >= 15 is 0 Å². The van der Waals surface area contributed by atoms with Gasteiger partial charge in [0.2, 0.25) is 5.91 Å². The van der Waals surface area contributed by atoms with Crippen molar-refractivity contribution >= 4 is 11.6 Å². The first kappa shape index (κ1) is 11.7. The van der Waals surface area contributed by atoms with E-state index in [-0.39, 0.29) is 29.8 Å². The lowest BCUT2D eigenvalue weighted by Gasteiger charge is -2.26. The van der Waals surface area contributed by atoms with Crippen LogP contribution in [0.5, 0.6) is 5.75 Å². The number of carbonyl (C=O) groups is 1. The number of nitrogens with one attached hydrogen (secondary N) is 1. The normalized spacial score (nSPS) is 17.7. The smallest absolute Gasteiger partial charge is 0.225 e. The Hall–Kier alpha value is -2.36. The van der Waals surface area contributed by atoms with Crippen LogP contribution in [0.3, 0.4) is 0 Å². The first-order valence-electron chi connectivity index (χ1n) is 6.02. The highest BCUT2D eigenvalue weighted by Crippen LogP contribution is 2.38. The third kappa shape index (κ3) is 2.17. The van der Waals surface area contributed by atoms with Crippen molar-refractivity contribution in [3.8, 4) is 5.75 Å². The topological polar surface area (TPSA) is 49.3 Å². The summed E-state index contributed by atoms with van der Waals surface area (Å²) in [6.45, 7) is 0. The lowest BCUT2D eigenvalue weighted by atomic mass is 9.85. The fraction of sp³-hybridized carbons (Fsp3) is 0.133. The summed E-state index contributed by atoms with van der Waals surface area (Å²) in [5, 5.41) is 12.2. The van der Waals surface area contributed by atoms with Crippen molar-refractivity contribution in [2.45, 2.75) is 12.3 Å². The van der Waals surface area contributed by atoms with Crippen molar-refractivity contribution in [3.63, 3.8) is 0 Å². The molecule has 96 valence electrons. The Balaban J connectivity index is 2.11. The number of aromatic hydroxyl groups is 1. The van der Waals surface area contributed by atoms with Crippen LogP contribution in [0.25, 0.3) is 0 Å². The molecule has 0 fully saturated rings. The number of halogens is 1. The lowest BCUT2D eigenvalue weighted by Crippen LogP contribution is -2.23. The van der Waals surface area contributed by atoms with E-state index in [1.165, 1.54) is 18.2 Å². The van der Waals surface area contributed by atoms with Gasteiger partial charge in [-0.2, -0.15) is 0 Å². The van der Waals surface area contributed by atoms with Crippen LogP contribution >= 0.6 is 0 Å². The minimum absolute atomic E-state index is 0.0962. The van der Waals surface area contributed by atoms with Gasteiger partial charge in [0.15, 0.2) is 0 Å². The van der Waals surface area contributed by atoms with Gasteiger partial charge in [0.1, 0.15) is 11.6 Å². The molecule has 2 aromatic rings. The van der Waals surface area contributed by atoms with Crippen LogP contribution in [0.15, 0.2) is 42.5 Å². The number of anilines is 1. The lowest BCUT2D eigenvalue weighted by molar-refractivity contribution is -0.116. The molecular formula is C15H12FNO2. The molecule has 4 heteroatoms. The standard InChI is InChI=1S/C15H12FNO2/c16-10-3-1-2-9(6-10)13-8-15(19)17-14-7-11(18)4-5-12(13)14/h1-7,13,18H,8H2,(H,17,19)/t13-/m0/s1. The van der Waals surface area contributed by atoms with E-state index in [0.717, 1.165) is 11.1 Å². The molecule has 3 rings (SSSR count). The predicted molar refractivity (Wildman–Crippen MR) is 69.6 cm³/mol. The van der Waals surface area contributed by atoms with Crippen molar-refractivity contribution in [3.05, 3.63) is 59.4 Å². The molecule has 1 aliphatic heterocycles. The van der Waals surface area contributed by atoms with E-state index in [2.05, 4.69) is 5.32 Å². The number of benzene rings is 2. The van der Waals surface area contributed by atoms with E-state index in [9.17, 15) is 14.3 Å². The van der Waals surface area contributed by atoms with Gasteiger partial charge in [-0.05, 0) is 29.3 Å². The first-order valence-corrected chi connectivity index (χ1v) is 6.02. The third-order valence-corrected chi connectivity index (χ3v) is 3.33. The van der Waals surface area contributed by atoms with Crippen molar-refractivity contribution in [1.82, 2.24) is 0 Å². The van der Waals surface area contributed by atoms with Crippen molar-refractivity contribution < 1.29 is 14.3 Å². The van der Waals surface area contributed by atoms with Crippen LogP contribution in [0, 0.1) is 5.82 Å². The first-order chi connectivity index (χ1) is 9.13. The second-order valence-electron chi connectivity index (χ2n) is 4.63. The highest BCUT2D eigenvalue weighted by atomic mass is 19.1. The highest BCUT2D eigenvalue weighted by Gasteiger charge is 2.26. The van der Waals surface area contributed by atoms with Gasteiger partial charge >= 0.3 is 0 Å². The molecule has 1 atom stereocenters. The molecule has 3 nitrogen and oxygen atoms in total. The number of phenols is 1. The van der Waals surface area contributed by atoms with Crippen LogP contribution in [-0.4, -0.2) is 11.0 Å². The molecule has 2 N–H and O–H groups in total. The molecule has 1 amide bonds. The van der Waals surface area contributed by atoms with Gasteiger partial charge in [-0.15, -0.1) is 0 Å². The van der Waals surface area contributed by atoms with E-state index in [1.54, 1.807) is 18.2 Å². The Morgan fingerprint density at radius 2 is 2.05 bits per heavy atom. The fourth-order valence-electron chi connectivity index (χ4n) is 2.47. The summed E-state index contributed by atoms with van der Waals surface area (Å²) in [4.78, 5) is 11.7. The maximum Gasteiger partial charge on any atom is 0.225 e. The SMILES string of the molecule is O=C1C[C@@H](c2cccc(F)c2)c2ccc(O)cc2N1. The van der Waals surface area contributed by atoms with Gasteiger partial charge in [-0.1, -0.05) is 18.2 Å². The van der Waals surface area contributed by atoms with E-state index in [1.807, 2.05) is 6.07 Å². The third-order valence-electron chi connectivity index (χ3n) is 3.33. The molecule has 19 heavy (non-hydrogen) atoms. The maximum atomic E-state index is 13.3. The van der Waals surface area contributed by atoms with E-state index < -0.39 is 0 Å². The molecule has 1 aliphatic rings. The maximum absolute atomic E-state index is 13.3. The molecule has 0 radical (unpaired) electrons. The zero-order chi connectivity index (χ0) is 13.4. The second-order valence-corrected chi connectivity index (χ2v) is 4.63. The highest BCUT2D eigenvalue weighted by molar-refractivity contribution is 5.95. The Labute approximate surface area is 109 Å². The summed E-state index contributed by atoms with van der Waals surface area (Å²) in [6, 6.07) is 11.1. The summed E-state index contributed by atoms with van der Waals surface area (Å²) < 4.78 is 13.3. The number of fused-ring (bicyclic) bond motifs is 1. The number of amides is 1. The second kappa shape index (κ2) is 4.39. The summed E-state index contributed by atoms with van der Waals surface area (Å²) in [7, 11) is 0. The van der Waals surface area contributed by atoms with Crippen LogP contribution in [0.2, 0.25) is 0 Å². The molecule has 0 saturated carbocycles. The van der Waals surface area contributed by atoms with Crippen molar-refractivity contribution in [1.29, 1.82) is 0 Å². The summed E-state index contributed by atoms with van der Waals surface area (Å²) in [6.07, 6.45) is 0.279. The van der Waals surface area contributed by atoms with Crippen LogP contribution in [0.4, 0.5) is 10.1 Å². The minimum atomic E-state index is -0.316.